The smallest absolute Gasteiger partial charge is 0.235 e. The van der Waals surface area contributed by atoms with Crippen LogP contribution in [0.15, 0.2) is 78.2 Å². The lowest BCUT2D eigenvalue weighted by atomic mass is 10.1. The molecule has 0 saturated carbocycles. The average molecular weight is 350 g/mol. The van der Waals surface area contributed by atoms with E-state index in [4.69, 9.17) is 14.3 Å². The molecule has 0 bridgehead atoms. The van der Waals surface area contributed by atoms with Crippen LogP contribution in [0.5, 0.6) is 17.2 Å². The zero-order valence-electron chi connectivity index (χ0n) is 13.7. The number of pyridine rings is 1. The molecule has 0 radical (unpaired) electrons. The molecule has 1 aliphatic rings. The number of nitrogens with zero attached hydrogens (tertiary/aromatic N) is 2. The highest BCUT2D eigenvalue weighted by Crippen LogP contribution is 2.30. The zero-order valence-corrected chi connectivity index (χ0v) is 13.7. The Morgan fingerprint density at radius 1 is 0.885 bits per heavy atom. The molecule has 1 aromatic heterocycles. The van der Waals surface area contributed by atoms with E-state index in [0.29, 0.717) is 18.1 Å². The summed E-state index contributed by atoms with van der Waals surface area (Å²) in [6.07, 6.45) is 2.74. The Kier molecular flexibility index (Phi) is 4.47. The third kappa shape index (κ3) is 3.80. The van der Waals surface area contributed by atoms with Gasteiger partial charge in [-0.1, -0.05) is 35.5 Å². The van der Waals surface area contributed by atoms with Crippen molar-refractivity contribution < 1.29 is 18.7 Å². The van der Waals surface area contributed by atoms with Crippen LogP contribution in [0.3, 0.4) is 0 Å². The number of para-hydroxylation sites is 1. The summed E-state index contributed by atoms with van der Waals surface area (Å²) >= 11 is 0. The van der Waals surface area contributed by atoms with E-state index in [0.717, 1.165) is 23.3 Å². The van der Waals surface area contributed by atoms with E-state index in [1.54, 1.807) is 0 Å². The summed E-state index contributed by atoms with van der Waals surface area (Å²) in [6, 6.07) is 18.4. The number of hydrogen-bond acceptors (Lipinski definition) is 5. The molecule has 0 fully saturated rings. The van der Waals surface area contributed by atoms with Crippen LogP contribution in [-0.4, -0.2) is 10.9 Å². The maximum Gasteiger partial charge on any atom is 0.235 e. The van der Waals surface area contributed by atoms with Gasteiger partial charge in [-0.05, 0) is 29.8 Å². The first-order valence-electron chi connectivity index (χ1n) is 8.10. The molecule has 0 saturated heterocycles. The second-order valence-electron chi connectivity index (χ2n) is 5.71. The van der Waals surface area contributed by atoms with Crippen LogP contribution in [0.4, 0.5) is 4.39 Å². The van der Waals surface area contributed by atoms with Crippen LogP contribution in [0.25, 0.3) is 0 Å². The second kappa shape index (κ2) is 7.23. The summed E-state index contributed by atoms with van der Waals surface area (Å²) < 4.78 is 24.4. The van der Waals surface area contributed by atoms with Crippen LogP contribution in [0, 0.1) is 5.82 Å². The molecule has 2 aromatic carbocycles. The van der Waals surface area contributed by atoms with Gasteiger partial charge in [0.25, 0.3) is 0 Å². The van der Waals surface area contributed by atoms with Crippen molar-refractivity contribution in [2.24, 2.45) is 5.16 Å². The molecule has 0 unspecified atom stereocenters. The third-order valence-corrected chi connectivity index (χ3v) is 3.79. The Morgan fingerprint density at radius 2 is 1.65 bits per heavy atom. The first-order valence-corrected chi connectivity index (χ1v) is 8.10. The number of benzene rings is 2. The highest BCUT2D eigenvalue weighted by Gasteiger charge is 2.24. The highest BCUT2D eigenvalue weighted by molar-refractivity contribution is 5.79. The lowest BCUT2D eigenvalue weighted by Gasteiger charge is -2.10. The second-order valence-corrected chi connectivity index (χ2v) is 5.71. The van der Waals surface area contributed by atoms with Gasteiger partial charge in [0.15, 0.2) is 6.10 Å². The minimum Gasteiger partial charge on any atom is -0.457 e. The van der Waals surface area contributed by atoms with Crippen LogP contribution >= 0.6 is 0 Å². The molecular weight excluding hydrogens is 335 g/mol. The van der Waals surface area contributed by atoms with Gasteiger partial charge in [0.05, 0.1) is 18.8 Å². The first-order chi connectivity index (χ1) is 12.8. The van der Waals surface area contributed by atoms with E-state index in [-0.39, 0.29) is 6.10 Å². The molecular formula is C20H15FN2O3. The summed E-state index contributed by atoms with van der Waals surface area (Å²) in [6.45, 7) is 0. The number of halogens is 1. The van der Waals surface area contributed by atoms with Crippen LogP contribution < -0.4 is 9.47 Å². The number of aromatic nitrogens is 1. The molecule has 5 nitrogen and oxygen atoms in total. The van der Waals surface area contributed by atoms with E-state index >= 15 is 0 Å². The van der Waals surface area contributed by atoms with Gasteiger partial charge in [-0.2, -0.15) is 0 Å². The molecule has 0 spiro atoms. The number of ether oxygens (including phenoxy) is 2. The van der Waals surface area contributed by atoms with Gasteiger partial charge in [0, 0.05) is 6.07 Å². The fraction of sp³-hybridized carbons (Fsp3) is 0.100. The average Bonchev–Trinajstić information content (AvgIpc) is 3.12. The molecule has 0 N–H and O–H groups in total. The standard InChI is InChI=1S/C20H15FN2O3/c21-15-10-18(13-22-12-15)25-20-11-19(26-23-20)14-6-8-17(9-7-14)24-16-4-2-1-3-5-16/h1-10,12-13,19H,11H2/t19-/m0/s1. The normalized spacial score (nSPS) is 15.9. The van der Waals surface area contributed by atoms with Crippen molar-refractivity contribution in [3.63, 3.8) is 0 Å². The molecule has 0 amide bonds. The zero-order chi connectivity index (χ0) is 17.8. The Labute approximate surface area is 149 Å². The van der Waals surface area contributed by atoms with Gasteiger partial charge < -0.3 is 14.3 Å². The third-order valence-electron chi connectivity index (χ3n) is 3.79. The van der Waals surface area contributed by atoms with E-state index < -0.39 is 5.82 Å². The highest BCUT2D eigenvalue weighted by atomic mass is 19.1. The van der Waals surface area contributed by atoms with Crippen molar-refractivity contribution in [1.29, 1.82) is 0 Å². The maximum absolute atomic E-state index is 13.2. The van der Waals surface area contributed by atoms with Gasteiger partial charge in [-0.3, -0.25) is 4.98 Å². The predicted octanol–water partition coefficient (Wildman–Crippen LogP) is 4.87. The van der Waals surface area contributed by atoms with E-state index in [1.165, 1.54) is 12.3 Å². The van der Waals surface area contributed by atoms with Gasteiger partial charge in [-0.15, -0.1) is 0 Å². The fourth-order valence-corrected chi connectivity index (χ4v) is 2.55. The summed E-state index contributed by atoms with van der Waals surface area (Å²) in [5.41, 5.74) is 0.949. The molecule has 4 rings (SSSR count). The molecule has 1 atom stereocenters. The molecule has 26 heavy (non-hydrogen) atoms. The Hall–Kier alpha value is -3.41. The summed E-state index contributed by atoms with van der Waals surface area (Å²) in [5, 5.41) is 3.92. The van der Waals surface area contributed by atoms with E-state index in [1.807, 2.05) is 54.6 Å². The molecule has 6 heteroatoms. The maximum atomic E-state index is 13.2. The Balaban J connectivity index is 1.37. The topological polar surface area (TPSA) is 52.9 Å². The summed E-state index contributed by atoms with van der Waals surface area (Å²) in [5.74, 6) is 1.72. The SMILES string of the molecule is Fc1cncc(OC2=NO[C@H](c3ccc(Oc4ccccc4)cc3)C2)c1. The minimum atomic E-state index is -0.465. The van der Waals surface area contributed by atoms with Crippen molar-refractivity contribution in [3.05, 3.63) is 84.4 Å². The lowest BCUT2D eigenvalue weighted by molar-refractivity contribution is 0.0855. The van der Waals surface area contributed by atoms with Gasteiger partial charge in [-0.25, -0.2) is 4.39 Å². The largest absolute Gasteiger partial charge is 0.457 e. The van der Waals surface area contributed by atoms with Gasteiger partial charge in [0.1, 0.15) is 23.1 Å². The van der Waals surface area contributed by atoms with Crippen molar-refractivity contribution in [1.82, 2.24) is 4.98 Å². The van der Waals surface area contributed by atoms with Crippen molar-refractivity contribution in [3.8, 4) is 17.2 Å². The summed E-state index contributed by atoms with van der Waals surface area (Å²) in [7, 11) is 0. The van der Waals surface area contributed by atoms with E-state index in [2.05, 4.69) is 10.1 Å². The molecule has 0 aliphatic carbocycles. The number of hydrogen-bond donors (Lipinski definition) is 0. The van der Waals surface area contributed by atoms with Crippen LogP contribution in [0.1, 0.15) is 18.1 Å². The molecule has 1 aliphatic heterocycles. The minimum absolute atomic E-state index is 0.253. The molecule has 130 valence electrons. The number of oxime groups is 1. The quantitative estimate of drug-likeness (QED) is 0.674. The molecule has 3 aromatic rings. The number of rotatable bonds is 4. The fourth-order valence-electron chi connectivity index (χ4n) is 2.55. The Morgan fingerprint density at radius 3 is 2.42 bits per heavy atom. The molecule has 2 heterocycles. The van der Waals surface area contributed by atoms with Gasteiger partial charge in [0.2, 0.25) is 5.90 Å². The van der Waals surface area contributed by atoms with Crippen LogP contribution in [-0.2, 0) is 4.84 Å². The van der Waals surface area contributed by atoms with Gasteiger partial charge >= 0.3 is 0 Å². The predicted molar refractivity (Wildman–Crippen MR) is 93.7 cm³/mol. The van der Waals surface area contributed by atoms with Crippen molar-refractivity contribution >= 4 is 5.90 Å². The first kappa shape index (κ1) is 16.1. The lowest BCUT2D eigenvalue weighted by Crippen LogP contribution is -2.07. The monoisotopic (exact) mass is 350 g/mol. The summed E-state index contributed by atoms with van der Waals surface area (Å²) in [4.78, 5) is 9.16. The van der Waals surface area contributed by atoms with Crippen molar-refractivity contribution in [2.75, 3.05) is 0 Å². The Bertz CT molecular complexity index is 914. The van der Waals surface area contributed by atoms with E-state index in [9.17, 15) is 4.39 Å². The van der Waals surface area contributed by atoms with Crippen LogP contribution in [0.2, 0.25) is 0 Å². The van der Waals surface area contributed by atoms with Crippen molar-refractivity contribution in [2.45, 2.75) is 12.5 Å².